The van der Waals surface area contributed by atoms with Crippen molar-refractivity contribution >= 4 is 17.3 Å². The largest absolute Gasteiger partial charge is 0.277 e. The fraction of sp³-hybridized carbons (Fsp3) is 0.143. The van der Waals surface area contributed by atoms with Gasteiger partial charge in [0.15, 0.2) is 0 Å². The van der Waals surface area contributed by atoms with E-state index in [9.17, 15) is 10.1 Å². The molecule has 0 aliphatic rings. The normalized spacial score (nSPS) is 9.55. The number of non-ortho nitro benzene ring substituents is 1. The lowest BCUT2D eigenvalue weighted by Crippen LogP contribution is -1.88. The Balaban J connectivity index is 3.01. The van der Waals surface area contributed by atoms with Crippen LogP contribution >= 0.6 is 11.6 Å². The van der Waals surface area contributed by atoms with Crippen molar-refractivity contribution in [3.8, 4) is 0 Å². The van der Waals surface area contributed by atoms with Gasteiger partial charge in [-0.25, -0.2) is 0 Å². The quantitative estimate of drug-likeness (QED) is 0.388. The van der Waals surface area contributed by atoms with E-state index in [1.54, 1.807) is 6.07 Å². The first-order chi connectivity index (χ1) is 5.24. The molecule has 0 saturated heterocycles. The summed E-state index contributed by atoms with van der Waals surface area (Å²) in [6.45, 7) is 0. The highest BCUT2D eigenvalue weighted by atomic mass is 35.5. The zero-order valence-corrected chi connectivity index (χ0v) is 6.34. The minimum absolute atomic E-state index is 0.0387. The minimum Gasteiger partial charge on any atom is -0.258 e. The van der Waals surface area contributed by atoms with Crippen molar-refractivity contribution in [2.24, 2.45) is 0 Å². The number of hydrogen-bond donors (Lipinski definition) is 0. The molecule has 0 atom stereocenters. The summed E-state index contributed by atoms with van der Waals surface area (Å²) in [5, 5.41) is 10.2. The summed E-state index contributed by atoms with van der Waals surface area (Å²) in [5.41, 5.74) is 0.695. The van der Waals surface area contributed by atoms with E-state index in [1.165, 1.54) is 12.1 Å². The number of halogens is 1. The predicted octanol–water partition coefficient (Wildman–Crippen LogP) is 2.13. The summed E-state index contributed by atoms with van der Waals surface area (Å²) in [7, 11) is 0. The third-order valence-electron chi connectivity index (χ3n) is 1.20. The topological polar surface area (TPSA) is 43.1 Å². The first-order valence-electron chi connectivity index (χ1n) is 2.95. The summed E-state index contributed by atoms with van der Waals surface area (Å²) in [5.74, 6) is 0.287. The van der Waals surface area contributed by atoms with E-state index in [4.69, 9.17) is 11.6 Å². The maximum atomic E-state index is 10.2. The zero-order chi connectivity index (χ0) is 8.27. The van der Waals surface area contributed by atoms with Gasteiger partial charge in [0.2, 0.25) is 0 Å². The molecule has 1 aromatic carbocycles. The molecule has 4 heteroatoms. The molecule has 0 heterocycles. The van der Waals surface area contributed by atoms with Gasteiger partial charge >= 0.3 is 0 Å². The predicted molar refractivity (Wildman–Crippen MR) is 41.5 cm³/mol. The Bertz CT molecular complexity index is 275. The minimum atomic E-state index is -0.490. The molecular weight excluding hydrogens is 166 g/mol. The first kappa shape index (κ1) is 8.01. The van der Waals surface area contributed by atoms with Crippen molar-refractivity contribution in [1.82, 2.24) is 0 Å². The average molecular weight is 171 g/mol. The molecule has 0 saturated carbocycles. The molecule has 0 fully saturated rings. The SMILES string of the molecule is O=[N+]([O-])c1[c]ccc(CCl)c1. The van der Waals surface area contributed by atoms with Gasteiger partial charge in [0.25, 0.3) is 5.69 Å². The van der Waals surface area contributed by atoms with Gasteiger partial charge in [0, 0.05) is 11.9 Å². The molecule has 0 spiro atoms. The Hall–Kier alpha value is -1.09. The molecule has 0 N–H and O–H groups in total. The van der Waals surface area contributed by atoms with Gasteiger partial charge < -0.3 is 0 Å². The third kappa shape index (κ3) is 1.91. The van der Waals surface area contributed by atoms with E-state index in [2.05, 4.69) is 6.07 Å². The summed E-state index contributed by atoms with van der Waals surface area (Å²) >= 11 is 5.47. The van der Waals surface area contributed by atoms with Crippen LogP contribution in [0.3, 0.4) is 0 Å². The molecule has 57 valence electrons. The van der Waals surface area contributed by atoms with Gasteiger partial charge in [-0.3, -0.25) is 10.1 Å². The second kappa shape index (κ2) is 3.34. The molecule has 0 unspecified atom stereocenters. The van der Waals surface area contributed by atoms with Gasteiger partial charge in [-0.15, -0.1) is 11.6 Å². The monoisotopic (exact) mass is 170 g/mol. The standard InChI is InChI=1S/C7H5ClNO2/c8-5-6-2-1-3-7(4-6)9(10)11/h1-2,4H,5H2. The van der Waals surface area contributed by atoms with Crippen LogP contribution in [0.2, 0.25) is 0 Å². The maximum absolute atomic E-state index is 10.2. The molecule has 1 radical (unpaired) electrons. The molecular formula is C7H5ClNO2. The van der Waals surface area contributed by atoms with E-state index in [1.807, 2.05) is 0 Å². The fourth-order valence-corrected chi connectivity index (χ4v) is 0.854. The molecule has 0 aliphatic heterocycles. The number of nitrogens with zero attached hydrogens (tertiary/aromatic N) is 1. The number of benzene rings is 1. The Kier molecular flexibility index (Phi) is 2.44. The van der Waals surface area contributed by atoms with Crippen molar-refractivity contribution < 1.29 is 4.92 Å². The Morgan fingerprint density at radius 3 is 3.00 bits per heavy atom. The highest BCUT2D eigenvalue weighted by Crippen LogP contribution is 2.13. The second-order valence-corrected chi connectivity index (χ2v) is 2.24. The molecule has 1 aromatic rings. The van der Waals surface area contributed by atoms with Crippen LogP contribution < -0.4 is 0 Å². The van der Waals surface area contributed by atoms with Gasteiger partial charge in [-0.2, -0.15) is 0 Å². The molecule has 0 aromatic heterocycles. The Morgan fingerprint density at radius 1 is 1.73 bits per heavy atom. The highest BCUT2D eigenvalue weighted by Gasteiger charge is 2.04. The molecule has 0 amide bonds. The second-order valence-electron chi connectivity index (χ2n) is 1.97. The lowest BCUT2D eigenvalue weighted by molar-refractivity contribution is -0.385. The first-order valence-corrected chi connectivity index (χ1v) is 3.48. The summed E-state index contributed by atoms with van der Waals surface area (Å²) in [4.78, 5) is 9.71. The van der Waals surface area contributed by atoms with Gasteiger partial charge in [0.1, 0.15) is 0 Å². The van der Waals surface area contributed by atoms with Crippen LogP contribution in [0.5, 0.6) is 0 Å². The van der Waals surface area contributed by atoms with Crippen molar-refractivity contribution in [1.29, 1.82) is 0 Å². The zero-order valence-electron chi connectivity index (χ0n) is 5.58. The summed E-state index contributed by atoms with van der Waals surface area (Å²) < 4.78 is 0. The number of rotatable bonds is 2. The summed E-state index contributed by atoms with van der Waals surface area (Å²) in [6.07, 6.45) is 0. The van der Waals surface area contributed by atoms with Crippen LogP contribution in [0.1, 0.15) is 5.56 Å². The summed E-state index contributed by atoms with van der Waals surface area (Å²) in [6, 6.07) is 7.08. The van der Waals surface area contributed by atoms with Crippen LogP contribution in [-0.2, 0) is 5.88 Å². The number of hydrogen-bond acceptors (Lipinski definition) is 2. The van der Waals surface area contributed by atoms with Gasteiger partial charge in [-0.05, 0) is 11.6 Å². The Morgan fingerprint density at radius 2 is 2.45 bits per heavy atom. The van der Waals surface area contributed by atoms with E-state index in [-0.39, 0.29) is 11.6 Å². The van der Waals surface area contributed by atoms with Crippen molar-refractivity contribution in [3.63, 3.8) is 0 Å². The van der Waals surface area contributed by atoms with Crippen LogP contribution in [-0.4, -0.2) is 4.92 Å². The number of nitro groups is 1. The molecule has 0 bridgehead atoms. The molecule has 3 nitrogen and oxygen atoms in total. The van der Waals surface area contributed by atoms with Crippen molar-refractivity contribution in [2.75, 3.05) is 0 Å². The highest BCUT2D eigenvalue weighted by molar-refractivity contribution is 6.17. The molecule has 0 aliphatic carbocycles. The smallest absolute Gasteiger partial charge is 0.258 e. The number of alkyl halides is 1. The third-order valence-corrected chi connectivity index (χ3v) is 1.51. The van der Waals surface area contributed by atoms with Crippen LogP contribution in [0.4, 0.5) is 5.69 Å². The van der Waals surface area contributed by atoms with Gasteiger partial charge in [-0.1, -0.05) is 6.07 Å². The maximum Gasteiger partial charge on any atom is 0.277 e. The van der Waals surface area contributed by atoms with Crippen molar-refractivity contribution in [3.05, 3.63) is 39.9 Å². The molecule has 1 rings (SSSR count). The van der Waals surface area contributed by atoms with E-state index >= 15 is 0 Å². The molecule has 11 heavy (non-hydrogen) atoms. The Labute approximate surface area is 68.8 Å². The van der Waals surface area contributed by atoms with E-state index < -0.39 is 4.92 Å². The lowest BCUT2D eigenvalue weighted by Gasteiger charge is -1.92. The van der Waals surface area contributed by atoms with E-state index in [0.717, 1.165) is 5.56 Å². The van der Waals surface area contributed by atoms with Crippen molar-refractivity contribution in [2.45, 2.75) is 5.88 Å². The van der Waals surface area contributed by atoms with Crippen LogP contribution in [0.25, 0.3) is 0 Å². The lowest BCUT2D eigenvalue weighted by atomic mass is 10.2. The van der Waals surface area contributed by atoms with Crippen LogP contribution in [0, 0.1) is 16.2 Å². The number of nitro benzene ring substituents is 1. The fourth-order valence-electron chi connectivity index (χ4n) is 0.688. The average Bonchev–Trinajstić information content (AvgIpc) is 2.05. The van der Waals surface area contributed by atoms with Crippen LogP contribution in [0.15, 0.2) is 18.2 Å². The van der Waals surface area contributed by atoms with E-state index in [0.29, 0.717) is 0 Å². The van der Waals surface area contributed by atoms with Gasteiger partial charge in [0.05, 0.1) is 11.0 Å².